The molecule has 3 amide bonds. The van der Waals surface area contributed by atoms with Crippen LogP contribution in [0.25, 0.3) is 33.4 Å². The van der Waals surface area contributed by atoms with Gasteiger partial charge < -0.3 is 24.3 Å². The molecule has 0 bridgehead atoms. The molecule has 3 aromatic carbocycles. The van der Waals surface area contributed by atoms with Crippen molar-refractivity contribution in [1.82, 2.24) is 15.1 Å². The van der Waals surface area contributed by atoms with E-state index in [0.717, 1.165) is 10.6 Å². The first-order valence-corrected chi connectivity index (χ1v) is 18.2. The first-order valence-electron chi connectivity index (χ1n) is 16.4. The second kappa shape index (κ2) is 14.0. The first kappa shape index (κ1) is 37.3. The number of amides is 3. The highest BCUT2D eigenvalue weighted by atomic mass is 32.2. The Morgan fingerprint density at radius 2 is 1.71 bits per heavy atom. The van der Waals surface area contributed by atoms with Gasteiger partial charge in [-0.1, -0.05) is 12.1 Å². The summed E-state index contributed by atoms with van der Waals surface area (Å²) in [6, 6.07) is 14.9. The van der Waals surface area contributed by atoms with E-state index in [1.54, 1.807) is 60.9 Å². The molecule has 0 radical (unpaired) electrons. The molecule has 14 heteroatoms. The number of furan rings is 1. The summed E-state index contributed by atoms with van der Waals surface area (Å²) in [5.74, 6) is -1.18. The van der Waals surface area contributed by atoms with Crippen molar-refractivity contribution in [2.24, 2.45) is 0 Å². The largest absolute Gasteiger partial charge is 0.455 e. The van der Waals surface area contributed by atoms with Gasteiger partial charge in [-0.15, -0.1) is 0 Å². The van der Waals surface area contributed by atoms with Crippen molar-refractivity contribution in [2.75, 3.05) is 50.5 Å². The van der Waals surface area contributed by atoms with Gasteiger partial charge in [-0.05, 0) is 82.6 Å². The molecule has 2 heterocycles. The molecule has 1 saturated heterocycles. The maximum absolute atomic E-state index is 14.1. The lowest BCUT2D eigenvalue weighted by Crippen LogP contribution is -2.62. The first-order chi connectivity index (χ1) is 23.8. The molecule has 272 valence electrons. The zero-order valence-electron chi connectivity index (χ0n) is 29.7. The fourth-order valence-electron chi connectivity index (χ4n) is 6.26. The summed E-state index contributed by atoms with van der Waals surface area (Å²) in [5, 5.41) is 2.92. The number of halogens is 2. The Balaban J connectivity index is 1.63. The van der Waals surface area contributed by atoms with Gasteiger partial charge in [-0.3, -0.25) is 13.9 Å². The Labute approximate surface area is 296 Å². The second-order valence-corrected chi connectivity index (χ2v) is 15.9. The van der Waals surface area contributed by atoms with E-state index >= 15 is 0 Å². The molecule has 11 nitrogen and oxygen atoms in total. The van der Waals surface area contributed by atoms with Crippen LogP contribution >= 0.6 is 0 Å². The molecular formula is C37H42F2N4O7S. The Morgan fingerprint density at radius 3 is 2.29 bits per heavy atom. The standard InChI is InChI=1S/C37H42F2N4O7S/c1-36(2,3)50-35(46)41-17-18-42(37(4,5)22-41)34(45)25-10-8-9-24(19-25)27-20-28-30(21-29(27)43(16-15-38)51(7,47)48)49-32(31(28)33(44)40-6)23-11-13-26(39)14-12-23/h8-14,19-21H,15-18,22H2,1-7H3,(H,40,44). The van der Waals surface area contributed by atoms with E-state index in [-0.39, 0.29) is 48.1 Å². The van der Waals surface area contributed by atoms with Gasteiger partial charge in [0.1, 0.15) is 29.4 Å². The summed E-state index contributed by atoms with van der Waals surface area (Å²) in [5.41, 5.74) is 0.297. The van der Waals surface area contributed by atoms with Crippen LogP contribution in [0.1, 0.15) is 55.3 Å². The number of hydrogen-bond acceptors (Lipinski definition) is 7. The highest BCUT2D eigenvalue weighted by Crippen LogP contribution is 2.42. The summed E-state index contributed by atoms with van der Waals surface area (Å²) in [6.07, 6.45) is 0.492. The van der Waals surface area contributed by atoms with Crippen LogP contribution in [0.3, 0.4) is 0 Å². The average molecular weight is 725 g/mol. The highest BCUT2D eigenvalue weighted by molar-refractivity contribution is 7.92. The molecule has 1 aliphatic rings. The second-order valence-electron chi connectivity index (χ2n) is 14.0. The van der Waals surface area contributed by atoms with E-state index in [1.807, 2.05) is 13.8 Å². The fourth-order valence-corrected chi connectivity index (χ4v) is 7.16. The summed E-state index contributed by atoms with van der Waals surface area (Å²) in [6.45, 7) is 8.32. The number of anilines is 1. The molecule has 0 spiro atoms. The van der Waals surface area contributed by atoms with Gasteiger partial charge in [0.05, 0.1) is 29.6 Å². The number of hydrogen-bond donors (Lipinski definition) is 1. The van der Waals surface area contributed by atoms with E-state index in [4.69, 9.17) is 9.15 Å². The third kappa shape index (κ3) is 7.85. The van der Waals surface area contributed by atoms with Crippen molar-refractivity contribution >= 4 is 44.6 Å². The number of rotatable bonds is 8. The number of fused-ring (bicyclic) bond motifs is 1. The van der Waals surface area contributed by atoms with Crippen molar-refractivity contribution in [2.45, 2.75) is 45.8 Å². The lowest BCUT2D eigenvalue weighted by molar-refractivity contribution is -0.0108. The Morgan fingerprint density at radius 1 is 1.02 bits per heavy atom. The minimum Gasteiger partial charge on any atom is -0.455 e. The molecular weight excluding hydrogens is 682 g/mol. The molecule has 5 rings (SSSR count). The maximum atomic E-state index is 14.1. The maximum Gasteiger partial charge on any atom is 0.410 e. The van der Waals surface area contributed by atoms with Crippen LogP contribution in [0.15, 0.2) is 65.1 Å². The van der Waals surface area contributed by atoms with Crippen LogP contribution < -0.4 is 9.62 Å². The molecule has 1 N–H and O–H groups in total. The lowest BCUT2D eigenvalue weighted by atomic mass is 9.95. The van der Waals surface area contributed by atoms with Gasteiger partial charge in [-0.25, -0.2) is 22.0 Å². The van der Waals surface area contributed by atoms with Crippen LogP contribution in [0.4, 0.5) is 19.3 Å². The van der Waals surface area contributed by atoms with Gasteiger partial charge in [0.2, 0.25) is 10.0 Å². The normalized spacial score (nSPS) is 14.8. The Bertz CT molecular complexity index is 2090. The lowest BCUT2D eigenvalue weighted by Gasteiger charge is -2.47. The van der Waals surface area contributed by atoms with Crippen LogP contribution in [0.5, 0.6) is 0 Å². The zero-order valence-corrected chi connectivity index (χ0v) is 30.5. The molecule has 0 aliphatic carbocycles. The number of nitrogens with zero attached hydrogens (tertiary/aromatic N) is 3. The molecule has 1 aliphatic heterocycles. The quantitative estimate of drug-likeness (QED) is 0.221. The van der Waals surface area contributed by atoms with Crippen molar-refractivity contribution in [3.63, 3.8) is 0 Å². The minimum atomic E-state index is -4.03. The van der Waals surface area contributed by atoms with Crippen molar-refractivity contribution in [3.05, 3.63) is 77.6 Å². The molecule has 1 aromatic heterocycles. The van der Waals surface area contributed by atoms with Gasteiger partial charge in [0, 0.05) is 54.8 Å². The van der Waals surface area contributed by atoms with Gasteiger partial charge in [-0.2, -0.15) is 0 Å². The third-order valence-corrected chi connectivity index (χ3v) is 9.72. The number of carbonyl (C=O) groups is 3. The van der Waals surface area contributed by atoms with Crippen molar-refractivity contribution in [1.29, 1.82) is 0 Å². The molecule has 4 aromatic rings. The number of benzene rings is 3. The number of nitrogens with one attached hydrogen (secondary N) is 1. The van der Waals surface area contributed by atoms with Gasteiger partial charge in [0.25, 0.3) is 11.8 Å². The number of ether oxygens (including phenoxy) is 1. The topological polar surface area (TPSA) is 129 Å². The number of alkyl halides is 1. The Hall–Kier alpha value is -4.98. The predicted molar refractivity (Wildman–Crippen MR) is 192 cm³/mol. The molecule has 1 fully saturated rings. The Kier molecular flexibility index (Phi) is 10.2. The highest BCUT2D eigenvalue weighted by Gasteiger charge is 2.40. The summed E-state index contributed by atoms with van der Waals surface area (Å²) in [7, 11) is -2.58. The molecule has 0 saturated carbocycles. The van der Waals surface area contributed by atoms with E-state index < -0.39 is 52.2 Å². The van der Waals surface area contributed by atoms with Gasteiger partial charge in [0.15, 0.2) is 0 Å². The number of carbonyl (C=O) groups excluding carboxylic acids is 3. The third-order valence-electron chi connectivity index (χ3n) is 8.54. The number of piperazine rings is 1. The zero-order chi connectivity index (χ0) is 37.5. The SMILES string of the molecule is CNC(=O)c1c(-c2ccc(F)cc2)oc2cc(N(CCF)S(C)(=O)=O)c(-c3cccc(C(=O)N4CCN(C(=O)OC(C)(C)C)CC4(C)C)c3)cc12. The average Bonchev–Trinajstić information content (AvgIpc) is 3.43. The minimum absolute atomic E-state index is 0.0708. The monoisotopic (exact) mass is 724 g/mol. The molecule has 0 unspecified atom stereocenters. The molecule has 51 heavy (non-hydrogen) atoms. The van der Waals surface area contributed by atoms with Gasteiger partial charge >= 0.3 is 6.09 Å². The van der Waals surface area contributed by atoms with Crippen molar-refractivity contribution < 1.29 is 40.7 Å². The van der Waals surface area contributed by atoms with Crippen LogP contribution in [0, 0.1) is 5.82 Å². The van der Waals surface area contributed by atoms with Crippen molar-refractivity contribution in [3.8, 4) is 22.5 Å². The summed E-state index contributed by atoms with van der Waals surface area (Å²) in [4.78, 5) is 43.5. The van der Waals surface area contributed by atoms with E-state index in [9.17, 15) is 31.6 Å². The van der Waals surface area contributed by atoms with Crippen LogP contribution in [-0.2, 0) is 14.8 Å². The van der Waals surface area contributed by atoms with E-state index in [0.29, 0.717) is 27.6 Å². The smallest absolute Gasteiger partial charge is 0.410 e. The predicted octanol–water partition coefficient (Wildman–Crippen LogP) is 6.47. The summed E-state index contributed by atoms with van der Waals surface area (Å²) < 4.78 is 66.4. The van der Waals surface area contributed by atoms with E-state index in [2.05, 4.69) is 5.32 Å². The number of sulfonamides is 1. The fraction of sp³-hybridized carbons (Fsp3) is 0.378. The van der Waals surface area contributed by atoms with Crippen LogP contribution in [-0.4, -0.2) is 93.4 Å². The van der Waals surface area contributed by atoms with Crippen LogP contribution in [0.2, 0.25) is 0 Å². The molecule has 0 atom stereocenters. The van der Waals surface area contributed by atoms with E-state index in [1.165, 1.54) is 37.4 Å². The summed E-state index contributed by atoms with van der Waals surface area (Å²) >= 11 is 0.